The minimum absolute atomic E-state index is 0.133. The third kappa shape index (κ3) is 11.6. The van der Waals surface area contributed by atoms with Crippen LogP contribution in [0.1, 0.15) is 34.6 Å². The first-order valence-corrected chi connectivity index (χ1v) is 8.59. The van der Waals surface area contributed by atoms with E-state index in [-0.39, 0.29) is 37.6 Å². The number of rotatable bonds is 12. The van der Waals surface area contributed by atoms with Crippen molar-refractivity contribution in [1.82, 2.24) is 0 Å². The molecule has 0 bridgehead atoms. The fourth-order valence-electron chi connectivity index (χ4n) is 1.63. The van der Waals surface area contributed by atoms with Crippen LogP contribution in [-0.2, 0) is 28.5 Å². The summed E-state index contributed by atoms with van der Waals surface area (Å²) in [6.07, 6.45) is -2.83. The molecule has 8 heteroatoms. The topological polar surface area (TPSA) is 112 Å². The SMILES string of the molecule is C=C(C)C(=O)OCC(O)COC(OCC(O)COC(=O)C(=C)C)C(C)(C)C. The zero-order valence-electron chi connectivity index (χ0n) is 16.8. The van der Waals surface area contributed by atoms with Gasteiger partial charge < -0.3 is 29.2 Å². The molecule has 2 atom stereocenters. The molecule has 0 aliphatic heterocycles. The Bertz CT molecular complexity index is 480. The monoisotopic (exact) mass is 388 g/mol. The van der Waals surface area contributed by atoms with Gasteiger partial charge in [0.25, 0.3) is 0 Å². The molecule has 2 unspecified atom stereocenters. The Morgan fingerprint density at radius 2 is 1.15 bits per heavy atom. The zero-order valence-corrected chi connectivity index (χ0v) is 16.8. The van der Waals surface area contributed by atoms with Gasteiger partial charge in [-0.1, -0.05) is 33.9 Å². The molecule has 0 saturated carbocycles. The van der Waals surface area contributed by atoms with Gasteiger partial charge in [0.15, 0.2) is 6.29 Å². The van der Waals surface area contributed by atoms with E-state index < -0.39 is 35.9 Å². The van der Waals surface area contributed by atoms with Gasteiger partial charge in [-0.15, -0.1) is 0 Å². The van der Waals surface area contributed by atoms with Crippen molar-refractivity contribution in [2.45, 2.75) is 53.1 Å². The largest absolute Gasteiger partial charge is 0.460 e. The summed E-state index contributed by atoms with van der Waals surface area (Å²) >= 11 is 0. The van der Waals surface area contributed by atoms with Gasteiger partial charge in [-0.3, -0.25) is 0 Å². The molecule has 0 heterocycles. The minimum Gasteiger partial charge on any atom is -0.460 e. The van der Waals surface area contributed by atoms with E-state index in [1.807, 2.05) is 20.8 Å². The lowest BCUT2D eigenvalue weighted by molar-refractivity contribution is -0.218. The molecule has 0 rings (SSSR count). The summed E-state index contributed by atoms with van der Waals surface area (Å²) in [5, 5.41) is 19.7. The van der Waals surface area contributed by atoms with Crippen molar-refractivity contribution >= 4 is 11.9 Å². The zero-order chi connectivity index (χ0) is 21.2. The maximum absolute atomic E-state index is 11.3. The molecule has 156 valence electrons. The van der Waals surface area contributed by atoms with E-state index in [1.54, 1.807) is 0 Å². The second kappa shape index (κ2) is 11.9. The first-order chi connectivity index (χ1) is 12.3. The number of hydrogen-bond donors (Lipinski definition) is 2. The Balaban J connectivity index is 4.40. The second-order valence-corrected chi connectivity index (χ2v) is 7.43. The summed E-state index contributed by atoms with van der Waals surface area (Å²) in [7, 11) is 0. The molecular weight excluding hydrogens is 356 g/mol. The van der Waals surface area contributed by atoms with E-state index in [1.165, 1.54) is 13.8 Å². The van der Waals surface area contributed by atoms with E-state index in [0.29, 0.717) is 0 Å². The first kappa shape index (κ1) is 25.3. The van der Waals surface area contributed by atoms with Crippen LogP contribution < -0.4 is 0 Å². The lowest BCUT2D eigenvalue weighted by atomic mass is 9.96. The Morgan fingerprint density at radius 3 is 1.41 bits per heavy atom. The van der Waals surface area contributed by atoms with Crippen molar-refractivity contribution in [3.05, 3.63) is 24.3 Å². The van der Waals surface area contributed by atoms with Crippen molar-refractivity contribution in [1.29, 1.82) is 0 Å². The maximum Gasteiger partial charge on any atom is 0.333 e. The molecule has 27 heavy (non-hydrogen) atoms. The lowest BCUT2D eigenvalue weighted by Crippen LogP contribution is -2.38. The van der Waals surface area contributed by atoms with Gasteiger partial charge in [-0.2, -0.15) is 0 Å². The fourth-order valence-corrected chi connectivity index (χ4v) is 1.63. The number of carbonyl (C=O) groups excluding carboxylic acids is 2. The van der Waals surface area contributed by atoms with Gasteiger partial charge in [0, 0.05) is 16.6 Å². The van der Waals surface area contributed by atoms with Crippen LogP contribution in [-0.4, -0.2) is 67.1 Å². The average Bonchev–Trinajstić information content (AvgIpc) is 2.55. The number of hydrogen-bond acceptors (Lipinski definition) is 8. The van der Waals surface area contributed by atoms with Gasteiger partial charge >= 0.3 is 11.9 Å². The molecule has 0 amide bonds. The molecule has 0 radical (unpaired) electrons. The van der Waals surface area contributed by atoms with Crippen LogP contribution in [0.5, 0.6) is 0 Å². The quantitative estimate of drug-likeness (QED) is 0.293. The van der Waals surface area contributed by atoms with Crippen LogP contribution in [0.25, 0.3) is 0 Å². The van der Waals surface area contributed by atoms with Crippen LogP contribution in [0.3, 0.4) is 0 Å². The smallest absolute Gasteiger partial charge is 0.333 e. The average molecular weight is 388 g/mol. The number of aliphatic hydroxyl groups excluding tert-OH is 2. The maximum atomic E-state index is 11.3. The number of esters is 2. The third-order valence-electron chi connectivity index (χ3n) is 3.10. The molecule has 0 aromatic rings. The molecule has 8 nitrogen and oxygen atoms in total. The van der Waals surface area contributed by atoms with Crippen LogP contribution in [0.4, 0.5) is 0 Å². The Kier molecular flexibility index (Phi) is 11.1. The predicted octanol–water partition coefficient (Wildman–Crippen LogP) is 1.35. The summed E-state index contributed by atoms with van der Waals surface area (Å²) in [5.74, 6) is -1.18. The summed E-state index contributed by atoms with van der Waals surface area (Å²) in [6, 6.07) is 0. The molecule has 0 fully saturated rings. The predicted molar refractivity (Wildman–Crippen MR) is 98.7 cm³/mol. The molecule has 0 aromatic carbocycles. The fraction of sp³-hybridized carbons (Fsp3) is 0.684. The van der Waals surface area contributed by atoms with E-state index in [4.69, 9.17) is 18.9 Å². The van der Waals surface area contributed by atoms with Gasteiger partial charge in [-0.05, 0) is 13.8 Å². The standard InChI is InChI=1S/C19H32O8/c1-12(2)16(22)24-8-14(20)10-26-18(19(5,6)7)27-11-15(21)9-25-17(23)13(3)4/h14-15,18,20-21H,1,3,8-11H2,2,4-7H3. The lowest BCUT2D eigenvalue weighted by Gasteiger charge is -2.31. The molecule has 0 spiro atoms. The summed E-state index contributed by atoms with van der Waals surface area (Å²) in [5.41, 5.74) is 0.0167. The Labute approximate surface area is 160 Å². The Morgan fingerprint density at radius 1 is 0.815 bits per heavy atom. The molecule has 0 aliphatic carbocycles. The van der Waals surface area contributed by atoms with Crippen LogP contribution in [0.15, 0.2) is 24.3 Å². The van der Waals surface area contributed by atoms with E-state index in [2.05, 4.69) is 13.2 Å². The second-order valence-electron chi connectivity index (χ2n) is 7.43. The molecular formula is C19H32O8. The Hall–Kier alpha value is -1.74. The van der Waals surface area contributed by atoms with Gasteiger partial charge in [0.05, 0.1) is 13.2 Å². The van der Waals surface area contributed by atoms with Crippen molar-refractivity contribution < 1.29 is 38.7 Å². The van der Waals surface area contributed by atoms with Crippen LogP contribution in [0.2, 0.25) is 0 Å². The number of aliphatic hydroxyl groups is 2. The highest BCUT2D eigenvalue weighted by molar-refractivity contribution is 5.87. The summed E-state index contributed by atoms with van der Waals surface area (Å²) in [4.78, 5) is 22.6. The highest BCUT2D eigenvalue weighted by Crippen LogP contribution is 2.23. The van der Waals surface area contributed by atoms with E-state index in [0.717, 1.165) is 0 Å². The highest BCUT2D eigenvalue weighted by atomic mass is 16.7. The van der Waals surface area contributed by atoms with Crippen molar-refractivity contribution in [3.63, 3.8) is 0 Å². The number of ether oxygens (including phenoxy) is 4. The van der Waals surface area contributed by atoms with Crippen molar-refractivity contribution in [2.24, 2.45) is 5.41 Å². The minimum atomic E-state index is -1.04. The normalized spacial score (nSPS) is 14.8. The third-order valence-corrected chi connectivity index (χ3v) is 3.10. The summed E-state index contributed by atoms with van der Waals surface area (Å²) in [6.45, 7) is 14.8. The van der Waals surface area contributed by atoms with Gasteiger partial charge in [0.2, 0.25) is 0 Å². The van der Waals surface area contributed by atoms with Gasteiger partial charge in [-0.25, -0.2) is 9.59 Å². The number of carbonyl (C=O) groups is 2. The first-order valence-electron chi connectivity index (χ1n) is 8.59. The molecule has 0 saturated heterocycles. The van der Waals surface area contributed by atoms with Crippen LogP contribution in [0, 0.1) is 5.41 Å². The van der Waals surface area contributed by atoms with Crippen molar-refractivity contribution in [3.8, 4) is 0 Å². The molecule has 0 aliphatic rings. The van der Waals surface area contributed by atoms with Crippen molar-refractivity contribution in [2.75, 3.05) is 26.4 Å². The van der Waals surface area contributed by atoms with E-state index >= 15 is 0 Å². The highest BCUT2D eigenvalue weighted by Gasteiger charge is 2.28. The van der Waals surface area contributed by atoms with Crippen LogP contribution >= 0.6 is 0 Å². The summed E-state index contributed by atoms with van der Waals surface area (Å²) < 4.78 is 20.8. The van der Waals surface area contributed by atoms with E-state index in [9.17, 15) is 19.8 Å². The molecule has 2 N–H and O–H groups in total. The molecule has 0 aromatic heterocycles. The van der Waals surface area contributed by atoms with Gasteiger partial charge in [0.1, 0.15) is 25.4 Å².